The number of nitrogens with one attached hydrogen (secondary N) is 1. The normalized spacial score (nSPS) is 10.4. The summed E-state index contributed by atoms with van der Waals surface area (Å²) in [5.74, 6) is -0.232. The number of anilines is 1. The first-order valence-electron chi connectivity index (χ1n) is 3.81. The van der Waals surface area contributed by atoms with Crippen molar-refractivity contribution in [1.82, 2.24) is 0 Å². The minimum atomic E-state index is -0.232. The van der Waals surface area contributed by atoms with E-state index in [0.717, 1.165) is 5.69 Å². The van der Waals surface area contributed by atoms with Crippen molar-refractivity contribution in [3.63, 3.8) is 0 Å². The van der Waals surface area contributed by atoms with Crippen molar-refractivity contribution in [2.24, 2.45) is 0 Å². The Morgan fingerprint density at radius 1 is 1.42 bits per heavy atom. The van der Waals surface area contributed by atoms with E-state index >= 15 is 0 Å². The van der Waals surface area contributed by atoms with Crippen molar-refractivity contribution < 1.29 is 4.39 Å². The highest BCUT2D eigenvalue weighted by atomic mass is 79.9. The molecule has 1 aromatic carbocycles. The maximum atomic E-state index is 12.8. The zero-order chi connectivity index (χ0) is 9.14. The number of rotatable bonds is 2. The Kier molecular flexibility index (Phi) is 3.09. The quantitative estimate of drug-likeness (QED) is 0.823. The van der Waals surface area contributed by atoms with Gasteiger partial charge in [-0.15, -0.1) is 0 Å². The van der Waals surface area contributed by atoms with Gasteiger partial charge in [0.25, 0.3) is 0 Å². The number of hydrogen-bond acceptors (Lipinski definition) is 1. The SMILES string of the molecule is CC(C)Nc1ccc(F)c(Br)c1. The summed E-state index contributed by atoms with van der Waals surface area (Å²) in [4.78, 5) is 0. The van der Waals surface area contributed by atoms with Crippen LogP contribution in [0.15, 0.2) is 22.7 Å². The fraction of sp³-hybridized carbons (Fsp3) is 0.333. The van der Waals surface area contributed by atoms with Crippen LogP contribution < -0.4 is 5.32 Å². The van der Waals surface area contributed by atoms with Gasteiger partial charge in [-0.05, 0) is 48.0 Å². The molecule has 12 heavy (non-hydrogen) atoms. The second-order valence-electron chi connectivity index (χ2n) is 2.93. The second-order valence-corrected chi connectivity index (χ2v) is 3.78. The average Bonchev–Trinajstić information content (AvgIpc) is 1.96. The zero-order valence-electron chi connectivity index (χ0n) is 7.07. The van der Waals surface area contributed by atoms with Crippen molar-refractivity contribution in [3.8, 4) is 0 Å². The van der Waals surface area contributed by atoms with Gasteiger partial charge in [-0.1, -0.05) is 0 Å². The standard InChI is InChI=1S/C9H11BrFN/c1-6(2)12-7-3-4-9(11)8(10)5-7/h3-6,12H,1-2H3. The molecular formula is C9H11BrFN. The third-order valence-corrected chi connectivity index (χ3v) is 1.98. The molecule has 0 aromatic heterocycles. The molecule has 0 fully saturated rings. The Balaban J connectivity index is 2.82. The molecule has 0 spiro atoms. The van der Waals surface area contributed by atoms with Crippen LogP contribution in [0.4, 0.5) is 10.1 Å². The molecule has 0 heterocycles. The van der Waals surface area contributed by atoms with E-state index in [0.29, 0.717) is 10.5 Å². The predicted molar refractivity (Wildman–Crippen MR) is 52.9 cm³/mol. The minimum Gasteiger partial charge on any atom is -0.383 e. The molecule has 0 aliphatic carbocycles. The molecule has 0 saturated carbocycles. The molecule has 3 heteroatoms. The van der Waals surface area contributed by atoms with Gasteiger partial charge in [0.1, 0.15) is 5.82 Å². The first-order chi connectivity index (χ1) is 5.59. The van der Waals surface area contributed by atoms with Gasteiger partial charge in [-0.2, -0.15) is 0 Å². The highest BCUT2D eigenvalue weighted by Crippen LogP contribution is 2.20. The highest BCUT2D eigenvalue weighted by molar-refractivity contribution is 9.10. The van der Waals surface area contributed by atoms with Gasteiger partial charge >= 0.3 is 0 Å². The van der Waals surface area contributed by atoms with E-state index in [-0.39, 0.29) is 5.82 Å². The smallest absolute Gasteiger partial charge is 0.137 e. The monoisotopic (exact) mass is 231 g/mol. The summed E-state index contributed by atoms with van der Waals surface area (Å²) in [5.41, 5.74) is 0.929. The lowest BCUT2D eigenvalue weighted by atomic mass is 10.3. The number of hydrogen-bond donors (Lipinski definition) is 1. The number of benzene rings is 1. The molecule has 0 unspecified atom stereocenters. The summed E-state index contributed by atoms with van der Waals surface area (Å²) in [5, 5.41) is 3.18. The van der Waals surface area contributed by atoms with Crippen LogP contribution in [0, 0.1) is 5.82 Å². The predicted octanol–water partition coefficient (Wildman–Crippen LogP) is 3.41. The van der Waals surface area contributed by atoms with Crippen molar-refractivity contribution >= 4 is 21.6 Å². The summed E-state index contributed by atoms with van der Waals surface area (Å²) in [7, 11) is 0. The molecule has 1 aromatic rings. The van der Waals surface area contributed by atoms with Crippen LogP contribution in [-0.4, -0.2) is 6.04 Å². The van der Waals surface area contributed by atoms with Crippen LogP contribution in [-0.2, 0) is 0 Å². The molecule has 0 aliphatic heterocycles. The van der Waals surface area contributed by atoms with Gasteiger partial charge in [0.05, 0.1) is 4.47 Å². The van der Waals surface area contributed by atoms with E-state index in [1.807, 2.05) is 13.8 Å². The highest BCUT2D eigenvalue weighted by Gasteiger charge is 2.00. The first kappa shape index (κ1) is 9.52. The second kappa shape index (κ2) is 3.90. The maximum absolute atomic E-state index is 12.8. The zero-order valence-corrected chi connectivity index (χ0v) is 8.65. The topological polar surface area (TPSA) is 12.0 Å². The molecule has 66 valence electrons. The molecule has 0 amide bonds. The Hall–Kier alpha value is -0.570. The van der Waals surface area contributed by atoms with Gasteiger partial charge in [0.2, 0.25) is 0 Å². The van der Waals surface area contributed by atoms with E-state index in [1.165, 1.54) is 6.07 Å². The third kappa shape index (κ3) is 2.48. The molecule has 0 bridgehead atoms. The summed E-state index contributed by atoms with van der Waals surface area (Å²) < 4.78 is 13.3. The van der Waals surface area contributed by atoms with Crippen molar-refractivity contribution in [2.45, 2.75) is 19.9 Å². The van der Waals surface area contributed by atoms with Gasteiger partial charge in [0.15, 0.2) is 0 Å². The van der Waals surface area contributed by atoms with Gasteiger partial charge in [0, 0.05) is 11.7 Å². The van der Waals surface area contributed by atoms with Crippen LogP contribution in [0.25, 0.3) is 0 Å². The van der Waals surface area contributed by atoms with Crippen molar-refractivity contribution in [2.75, 3.05) is 5.32 Å². The molecule has 0 atom stereocenters. The molecule has 1 nitrogen and oxygen atoms in total. The first-order valence-corrected chi connectivity index (χ1v) is 4.60. The van der Waals surface area contributed by atoms with Crippen LogP contribution in [0.3, 0.4) is 0 Å². The van der Waals surface area contributed by atoms with Crippen LogP contribution in [0.2, 0.25) is 0 Å². The average molecular weight is 232 g/mol. The van der Waals surface area contributed by atoms with Crippen molar-refractivity contribution in [3.05, 3.63) is 28.5 Å². The number of halogens is 2. The maximum Gasteiger partial charge on any atom is 0.137 e. The van der Waals surface area contributed by atoms with E-state index in [2.05, 4.69) is 21.2 Å². The van der Waals surface area contributed by atoms with Gasteiger partial charge in [-0.3, -0.25) is 0 Å². The molecule has 1 N–H and O–H groups in total. The van der Waals surface area contributed by atoms with E-state index in [9.17, 15) is 4.39 Å². The van der Waals surface area contributed by atoms with Crippen molar-refractivity contribution in [1.29, 1.82) is 0 Å². The Labute approximate surface area is 80.1 Å². The molecule has 0 saturated heterocycles. The lowest BCUT2D eigenvalue weighted by molar-refractivity contribution is 0.621. The summed E-state index contributed by atoms with van der Waals surface area (Å²) >= 11 is 3.12. The van der Waals surface area contributed by atoms with E-state index < -0.39 is 0 Å². The van der Waals surface area contributed by atoms with Gasteiger partial charge < -0.3 is 5.32 Å². The van der Waals surface area contributed by atoms with Crippen LogP contribution in [0.1, 0.15) is 13.8 Å². The molecule has 1 rings (SSSR count). The van der Waals surface area contributed by atoms with Crippen LogP contribution in [0.5, 0.6) is 0 Å². The fourth-order valence-electron chi connectivity index (χ4n) is 0.919. The van der Waals surface area contributed by atoms with E-state index in [4.69, 9.17) is 0 Å². The minimum absolute atomic E-state index is 0.232. The Morgan fingerprint density at radius 3 is 2.58 bits per heavy atom. The molecule has 0 radical (unpaired) electrons. The fourth-order valence-corrected chi connectivity index (χ4v) is 1.30. The third-order valence-electron chi connectivity index (χ3n) is 1.37. The van der Waals surface area contributed by atoms with Gasteiger partial charge in [-0.25, -0.2) is 4.39 Å². The van der Waals surface area contributed by atoms with E-state index in [1.54, 1.807) is 12.1 Å². The molecule has 0 aliphatic rings. The lowest BCUT2D eigenvalue weighted by Crippen LogP contribution is -2.09. The molecular weight excluding hydrogens is 221 g/mol. The summed E-state index contributed by atoms with van der Waals surface area (Å²) in [6.45, 7) is 4.08. The Bertz CT molecular complexity index is 273. The largest absolute Gasteiger partial charge is 0.383 e. The Morgan fingerprint density at radius 2 is 2.08 bits per heavy atom. The summed E-state index contributed by atoms with van der Waals surface area (Å²) in [6, 6.07) is 5.26. The lowest BCUT2D eigenvalue weighted by Gasteiger charge is -2.09. The van der Waals surface area contributed by atoms with Crippen LogP contribution >= 0.6 is 15.9 Å². The summed E-state index contributed by atoms with van der Waals surface area (Å²) in [6.07, 6.45) is 0.